The minimum absolute atomic E-state index is 0.0544. The molecule has 0 fully saturated rings. The quantitative estimate of drug-likeness (QED) is 0.523. The highest BCUT2D eigenvalue weighted by Gasteiger charge is 2.19. The van der Waals surface area contributed by atoms with Crippen LogP contribution in [0.2, 0.25) is 0 Å². The molecule has 29 heavy (non-hydrogen) atoms. The maximum atomic E-state index is 12.9. The van der Waals surface area contributed by atoms with Gasteiger partial charge in [-0.05, 0) is 55.5 Å². The Morgan fingerprint density at radius 1 is 1.14 bits per heavy atom. The lowest BCUT2D eigenvalue weighted by Crippen LogP contribution is -2.18. The number of thioether (sulfide) groups is 1. The zero-order valence-corrected chi connectivity index (χ0v) is 17.4. The van der Waals surface area contributed by atoms with Crippen LogP contribution in [-0.2, 0) is 24.1 Å². The summed E-state index contributed by atoms with van der Waals surface area (Å²) in [5.41, 5.74) is 6.20. The van der Waals surface area contributed by atoms with Gasteiger partial charge < -0.3 is 5.32 Å². The third-order valence-corrected chi connectivity index (χ3v) is 6.24. The van der Waals surface area contributed by atoms with Gasteiger partial charge in [-0.2, -0.15) is 4.98 Å². The standard InChI is InChI=1S/C22H21N5OS/c1-12-17(13(2)27-21(23-12)25-22(26-27)29-3)11-19(28)24-18-10-9-15-8-7-14-5-4-6-16(18)20(14)15/h4-6,9-10H,7-8,11H2,1-3H3,(H,24,28). The van der Waals surface area contributed by atoms with Crippen LogP contribution >= 0.6 is 11.8 Å². The Bertz CT molecular complexity index is 1280. The molecule has 1 aliphatic carbocycles. The molecular formula is C22H21N5OS. The second kappa shape index (κ2) is 6.84. The van der Waals surface area contributed by atoms with Gasteiger partial charge in [0.05, 0.1) is 6.42 Å². The number of hydrogen-bond acceptors (Lipinski definition) is 5. The van der Waals surface area contributed by atoms with Crippen LogP contribution in [0.5, 0.6) is 0 Å². The van der Waals surface area contributed by atoms with Crippen LogP contribution in [0.25, 0.3) is 16.6 Å². The molecule has 0 saturated heterocycles. The van der Waals surface area contributed by atoms with Crippen molar-refractivity contribution >= 4 is 39.9 Å². The summed E-state index contributed by atoms with van der Waals surface area (Å²) in [6, 6.07) is 10.5. The summed E-state index contributed by atoms with van der Waals surface area (Å²) in [6.07, 6.45) is 4.33. The lowest BCUT2D eigenvalue weighted by atomic mass is 10.0. The fraction of sp³-hybridized carbons (Fsp3) is 0.273. The third kappa shape index (κ3) is 2.97. The third-order valence-electron chi connectivity index (χ3n) is 5.70. The predicted molar refractivity (Wildman–Crippen MR) is 116 cm³/mol. The smallest absolute Gasteiger partial charge is 0.253 e. The number of aryl methyl sites for hydroxylation is 4. The maximum absolute atomic E-state index is 12.9. The van der Waals surface area contributed by atoms with E-state index in [1.807, 2.05) is 26.2 Å². The topological polar surface area (TPSA) is 72.2 Å². The van der Waals surface area contributed by atoms with E-state index in [-0.39, 0.29) is 12.3 Å². The Labute approximate surface area is 172 Å². The Kier molecular flexibility index (Phi) is 4.28. The zero-order valence-electron chi connectivity index (χ0n) is 16.6. The van der Waals surface area contributed by atoms with Gasteiger partial charge in [0.15, 0.2) is 0 Å². The maximum Gasteiger partial charge on any atom is 0.253 e. The number of benzene rings is 2. The number of anilines is 1. The molecule has 0 saturated carbocycles. The van der Waals surface area contributed by atoms with E-state index in [4.69, 9.17) is 0 Å². The highest BCUT2D eigenvalue weighted by Crippen LogP contribution is 2.35. The second-order valence-electron chi connectivity index (χ2n) is 7.41. The number of amides is 1. The summed E-state index contributed by atoms with van der Waals surface area (Å²) < 4.78 is 1.72. The minimum Gasteiger partial charge on any atom is -0.325 e. The molecule has 6 nitrogen and oxygen atoms in total. The minimum atomic E-state index is -0.0544. The highest BCUT2D eigenvalue weighted by molar-refractivity contribution is 7.98. The fourth-order valence-corrected chi connectivity index (χ4v) is 4.58. The second-order valence-corrected chi connectivity index (χ2v) is 8.18. The van der Waals surface area contributed by atoms with Crippen molar-refractivity contribution in [2.75, 3.05) is 11.6 Å². The Hall–Kier alpha value is -2.93. The molecule has 0 bridgehead atoms. The fourth-order valence-electron chi connectivity index (χ4n) is 4.24. The first-order valence-electron chi connectivity index (χ1n) is 9.65. The summed E-state index contributed by atoms with van der Waals surface area (Å²) in [7, 11) is 0. The molecule has 1 aliphatic rings. The number of carbonyl (C=O) groups is 1. The van der Waals surface area contributed by atoms with Gasteiger partial charge >= 0.3 is 0 Å². The highest BCUT2D eigenvalue weighted by atomic mass is 32.2. The van der Waals surface area contributed by atoms with Crippen molar-refractivity contribution in [2.45, 2.75) is 38.3 Å². The van der Waals surface area contributed by atoms with E-state index < -0.39 is 0 Å². The van der Waals surface area contributed by atoms with E-state index >= 15 is 0 Å². The number of aromatic nitrogens is 4. The molecular weight excluding hydrogens is 382 g/mol. The van der Waals surface area contributed by atoms with Crippen molar-refractivity contribution in [2.24, 2.45) is 0 Å². The summed E-state index contributed by atoms with van der Waals surface area (Å²) >= 11 is 1.48. The van der Waals surface area contributed by atoms with Gasteiger partial charge in [0.1, 0.15) is 0 Å². The van der Waals surface area contributed by atoms with Crippen molar-refractivity contribution in [3.8, 4) is 0 Å². The van der Waals surface area contributed by atoms with E-state index in [1.54, 1.807) is 4.52 Å². The number of hydrogen-bond donors (Lipinski definition) is 1. The molecule has 2 aromatic heterocycles. The van der Waals surface area contributed by atoms with Crippen molar-refractivity contribution in [1.29, 1.82) is 0 Å². The number of nitrogens with one attached hydrogen (secondary N) is 1. The van der Waals surface area contributed by atoms with Crippen molar-refractivity contribution in [3.63, 3.8) is 0 Å². The predicted octanol–water partition coefficient (Wildman–Crippen LogP) is 3.90. The first kappa shape index (κ1) is 18.1. The largest absolute Gasteiger partial charge is 0.325 e. The van der Waals surface area contributed by atoms with E-state index in [0.29, 0.717) is 10.9 Å². The van der Waals surface area contributed by atoms with E-state index in [0.717, 1.165) is 40.9 Å². The molecule has 1 N–H and O–H groups in total. The molecule has 4 aromatic rings. The molecule has 0 spiro atoms. The van der Waals surface area contributed by atoms with E-state index in [2.05, 4.69) is 44.6 Å². The number of carbonyl (C=O) groups excluding carboxylic acids is 1. The Morgan fingerprint density at radius 3 is 2.72 bits per heavy atom. The average Bonchev–Trinajstić information content (AvgIpc) is 3.32. The van der Waals surface area contributed by atoms with Gasteiger partial charge in [0.25, 0.3) is 5.78 Å². The number of fused-ring (bicyclic) bond motifs is 1. The van der Waals surface area contributed by atoms with Crippen LogP contribution in [0.4, 0.5) is 5.69 Å². The molecule has 2 heterocycles. The van der Waals surface area contributed by atoms with Gasteiger partial charge in [-0.1, -0.05) is 36.0 Å². The molecule has 146 valence electrons. The van der Waals surface area contributed by atoms with E-state index in [1.165, 1.54) is 28.3 Å². The van der Waals surface area contributed by atoms with Gasteiger partial charge in [0.2, 0.25) is 11.1 Å². The van der Waals surface area contributed by atoms with Crippen LogP contribution < -0.4 is 5.32 Å². The number of rotatable bonds is 4. The first-order chi connectivity index (χ1) is 14.0. The van der Waals surface area contributed by atoms with Crippen molar-refractivity contribution in [3.05, 3.63) is 58.4 Å². The molecule has 0 radical (unpaired) electrons. The van der Waals surface area contributed by atoms with Crippen LogP contribution in [0.3, 0.4) is 0 Å². The summed E-state index contributed by atoms with van der Waals surface area (Å²) in [5.74, 6) is 0.516. The van der Waals surface area contributed by atoms with Gasteiger partial charge in [-0.25, -0.2) is 9.50 Å². The van der Waals surface area contributed by atoms with Crippen molar-refractivity contribution in [1.82, 2.24) is 19.6 Å². The van der Waals surface area contributed by atoms with Crippen LogP contribution in [-0.4, -0.2) is 31.7 Å². The zero-order chi connectivity index (χ0) is 20.1. The van der Waals surface area contributed by atoms with Crippen LogP contribution in [0, 0.1) is 13.8 Å². The SMILES string of the molecule is CSc1nc2nc(C)c(CC(=O)Nc3ccc4c5c(cccc35)CC4)c(C)n2n1. The monoisotopic (exact) mass is 403 g/mol. The van der Waals surface area contributed by atoms with Crippen LogP contribution in [0.1, 0.15) is 28.1 Å². The molecule has 0 atom stereocenters. The average molecular weight is 404 g/mol. The van der Waals surface area contributed by atoms with Gasteiger partial charge in [0, 0.05) is 28.0 Å². The summed E-state index contributed by atoms with van der Waals surface area (Å²) in [6.45, 7) is 3.88. The summed E-state index contributed by atoms with van der Waals surface area (Å²) in [5, 5.41) is 10.7. The molecule has 5 rings (SSSR count). The summed E-state index contributed by atoms with van der Waals surface area (Å²) in [4.78, 5) is 21.9. The first-order valence-corrected chi connectivity index (χ1v) is 10.9. The van der Waals surface area contributed by atoms with E-state index in [9.17, 15) is 4.79 Å². The van der Waals surface area contributed by atoms with Crippen LogP contribution in [0.15, 0.2) is 35.5 Å². The van der Waals surface area contributed by atoms with Gasteiger partial charge in [-0.15, -0.1) is 5.10 Å². The Balaban J connectivity index is 1.47. The molecule has 0 aliphatic heterocycles. The molecule has 7 heteroatoms. The van der Waals surface area contributed by atoms with Gasteiger partial charge in [-0.3, -0.25) is 4.79 Å². The lowest BCUT2D eigenvalue weighted by Gasteiger charge is -2.13. The molecule has 1 amide bonds. The molecule has 2 aromatic carbocycles. The lowest BCUT2D eigenvalue weighted by molar-refractivity contribution is -0.115. The Morgan fingerprint density at radius 2 is 1.93 bits per heavy atom. The normalized spacial score (nSPS) is 12.8. The number of nitrogens with zero attached hydrogens (tertiary/aromatic N) is 4. The molecule has 0 unspecified atom stereocenters. The van der Waals surface area contributed by atoms with Crippen molar-refractivity contribution < 1.29 is 4.79 Å².